The van der Waals surface area contributed by atoms with Crippen molar-refractivity contribution in [2.45, 2.75) is 60.4 Å². The van der Waals surface area contributed by atoms with E-state index in [1.807, 2.05) is 0 Å². The van der Waals surface area contributed by atoms with Crippen molar-refractivity contribution in [1.82, 2.24) is 5.32 Å². The molecule has 0 amide bonds. The molecular formula is C18H31N. The summed E-state index contributed by atoms with van der Waals surface area (Å²) in [7, 11) is 0. The van der Waals surface area contributed by atoms with Gasteiger partial charge in [0.15, 0.2) is 0 Å². The summed E-state index contributed by atoms with van der Waals surface area (Å²) >= 11 is 0. The summed E-state index contributed by atoms with van der Waals surface area (Å²) in [5, 5.41) is 3.68. The van der Waals surface area contributed by atoms with Crippen molar-refractivity contribution in [2.75, 3.05) is 6.54 Å². The molecule has 0 aliphatic heterocycles. The van der Waals surface area contributed by atoms with Crippen molar-refractivity contribution in [1.29, 1.82) is 0 Å². The van der Waals surface area contributed by atoms with Crippen LogP contribution in [0.15, 0.2) is 24.3 Å². The van der Waals surface area contributed by atoms with Gasteiger partial charge in [0.2, 0.25) is 0 Å². The first kappa shape index (κ1) is 16.2. The van der Waals surface area contributed by atoms with Gasteiger partial charge in [-0.2, -0.15) is 0 Å². The summed E-state index contributed by atoms with van der Waals surface area (Å²) in [5.74, 6) is 0.655. The zero-order valence-electron chi connectivity index (χ0n) is 13.8. The van der Waals surface area contributed by atoms with Crippen molar-refractivity contribution in [3.8, 4) is 0 Å². The fourth-order valence-electron chi connectivity index (χ4n) is 2.18. The van der Waals surface area contributed by atoms with Crippen LogP contribution in [0.2, 0.25) is 0 Å². The highest BCUT2D eigenvalue weighted by Crippen LogP contribution is 2.32. The van der Waals surface area contributed by atoms with Crippen LogP contribution in [0.5, 0.6) is 0 Å². The molecule has 0 aliphatic rings. The number of aryl methyl sites for hydroxylation is 1. The van der Waals surface area contributed by atoms with Crippen molar-refractivity contribution >= 4 is 0 Å². The van der Waals surface area contributed by atoms with E-state index in [4.69, 9.17) is 0 Å². The average Bonchev–Trinajstić information content (AvgIpc) is 2.28. The quantitative estimate of drug-likeness (QED) is 0.817. The zero-order valence-corrected chi connectivity index (χ0v) is 13.8. The van der Waals surface area contributed by atoms with Crippen molar-refractivity contribution < 1.29 is 0 Å². The zero-order chi connectivity index (χ0) is 14.7. The van der Waals surface area contributed by atoms with Gasteiger partial charge < -0.3 is 5.32 Å². The van der Waals surface area contributed by atoms with E-state index in [2.05, 4.69) is 78.0 Å². The smallest absolute Gasteiger partial charge is 0.00967 e. The molecule has 1 rings (SSSR count). The number of hydrogen-bond donors (Lipinski definition) is 1. The Hall–Kier alpha value is -0.820. The maximum Gasteiger partial charge on any atom is 0.00967 e. The minimum atomic E-state index is 0.182. The van der Waals surface area contributed by atoms with Crippen LogP contribution in [0.3, 0.4) is 0 Å². The summed E-state index contributed by atoms with van der Waals surface area (Å²) in [6.07, 6.45) is 1.14. The maximum absolute atomic E-state index is 3.68. The lowest BCUT2D eigenvalue weighted by Crippen LogP contribution is -2.45. The molecule has 0 bridgehead atoms. The molecule has 19 heavy (non-hydrogen) atoms. The molecule has 0 radical (unpaired) electrons. The molecule has 108 valence electrons. The summed E-state index contributed by atoms with van der Waals surface area (Å²) in [6.45, 7) is 17.1. The Morgan fingerprint density at radius 1 is 1.05 bits per heavy atom. The summed E-state index contributed by atoms with van der Waals surface area (Å²) in [4.78, 5) is 0. The fraction of sp³-hybridized carbons (Fsp3) is 0.667. The molecule has 1 nitrogen and oxygen atoms in total. The number of rotatable bonds is 5. The standard InChI is InChI=1S/C18H31N/c1-14(2)18(7,13-19-17(4,5)6)12-16-11-9-8-10-15(16)3/h8-11,14,19H,12-13H2,1-7H3. The highest BCUT2D eigenvalue weighted by atomic mass is 15.0. The van der Waals surface area contributed by atoms with Crippen molar-refractivity contribution in [3.63, 3.8) is 0 Å². The van der Waals surface area contributed by atoms with Gasteiger partial charge in [0.25, 0.3) is 0 Å². The van der Waals surface area contributed by atoms with Gasteiger partial charge in [-0.25, -0.2) is 0 Å². The molecule has 1 heteroatoms. The number of benzene rings is 1. The molecule has 0 saturated heterocycles. The van der Waals surface area contributed by atoms with Gasteiger partial charge in [-0.05, 0) is 56.6 Å². The van der Waals surface area contributed by atoms with Gasteiger partial charge in [0.1, 0.15) is 0 Å². The normalized spacial score (nSPS) is 15.6. The average molecular weight is 261 g/mol. The Kier molecular flexibility index (Phi) is 5.20. The topological polar surface area (TPSA) is 12.0 Å². The van der Waals surface area contributed by atoms with E-state index in [1.54, 1.807) is 0 Å². The monoisotopic (exact) mass is 261 g/mol. The molecular weight excluding hydrogens is 230 g/mol. The largest absolute Gasteiger partial charge is 0.312 e. The second kappa shape index (κ2) is 6.09. The van der Waals surface area contributed by atoms with Crippen LogP contribution in [0.1, 0.15) is 52.7 Å². The minimum absolute atomic E-state index is 0.182. The maximum atomic E-state index is 3.68. The van der Waals surface area contributed by atoms with Gasteiger partial charge in [-0.1, -0.05) is 45.0 Å². The fourth-order valence-corrected chi connectivity index (χ4v) is 2.18. The highest BCUT2D eigenvalue weighted by Gasteiger charge is 2.30. The third-order valence-corrected chi connectivity index (χ3v) is 4.27. The first-order valence-corrected chi connectivity index (χ1v) is 7.43. The molecule has 1 atom stereocenters. The SMILES string of the molecule is Cc1ccccc1CC(C)(CNC(C)(C)C)C(C)C. The van der Waals surface area contributed by atoms with E-state index in [1.165, 1.54) is 11.1 Å². The Morgan fingerprint density at radius 3 is 2.11 bits per heavy atom. The van der Waals surface area contributed by atoms with Crippen LogP contribution in [0.25, 0.3) is 0 Å². The van der Waals surface area contributed by atoms with Crippen LogP contribution in [-0.2, 0) is 6.42 Å². The van der Waals surface area contributed by atoms with Gasteiger partial charge in [-0.15, -0.1) is 0 Å². The van der Waals surface area contributed by atoms with Gasteiger partial charge in [0.05, 0.1) is 0 Å². The Labute approximate surface area is 119 Å². The third kappa shape index (κ3) is 4.99. The van der Waals surface area contributed by atoms with E-state index in [-0.39, 0.29) is 5.54 Å². The van der Waals surface area contributed by atoms with E-state index in [0.717, 1.165) is 13.0 Å². The van der Waals surface area contributed by atoms with E-state index in [0.29, 0.717) is 11.3 Å². The lowest BCUT2D eigenvalue weighted by atomic mass is 9.73. The van der Waals surface area contributed by atoms with Crippen LogP contribution in [0.4, 0.5) is 0 Å². The molecule has 1 aromatic carbocycles. The predicted octanol–water partition coefficient (Wildman–Crippen LogP) is 4.59. The summed E-state index contributed by atoms with van der Waals surface area (Å²) in [6, 6.07) is 8.76. The molecule has 0 spiro atoms. The molecule has 0 saturated carbocycles. The minimum Gasteiger partial charge on any atom is -0.312 e. The number of nitrogens with one attached hydrogen (secondary N) is 1. The lowest BCUT2D eigenvalue weighted by molar-refractivity contribution is 0.187. The van der Waals surface area contributed by atoms with E-state index < -0.39 is 0 Å². The summed E-state index contributed by atoms with van der Waals surface area (Å²) in [5.41, 5.74) is 3.36. The number of hydrogen-bond acceptors (Lipinski definition) is 1. The van der Waals surface area contributed by atoms with Crippen molar-refractivity contribution in [3.05, 3.63) is 35.4 Å². The van der Waals surface area contributed by atoms with Gasteiger partial charge in [0, 0.05) is 12.1 Å². The molecule has 0 aromatic heterocycles. The Balaban J connectivity index is 2.85. The molecule has 0 aliphatic carbocycles. The molecule has 1 N–H and O–H groups in total. The van der Waals surface area contributed by atoms with Gasteiger partial charge >= 0.3 is 0 Å². The second-order valence-electron chi connectivity index (χ2n) is 7.52. The second-order valence-corrected chi connectivity index (χ2v) is 7.52. The van der Waals surface area contributed by atoms with Crippen molar-refractivity contribution in [2.24, 2.45) is 11.3 Å². The first-order chi connectivity index (χ1) is 8.64. The van der Waals surface area contributed by atoms with Crippen LogP contribution < -0.4 is 5.32 Å². The molecule has 1 aromatic rings. The Bertz CT molecular complexity index is 400. The molecule has 0 fully saturated rings. The van der Waals surface area contributed by atoms with E-state index >= 15 is 0 Å². The highest BCUT2D eigenvalue weighted by molar-refractivity contribution is 5.26. The van der Waals surface area contributed by atoms with Crippen LogP contribution in [0, 0.1) is 18.3 Å². The molecule has 1 unspecified atom stereocenters. The third-order valence-electron chi connectivity index (χ3n) is 4.27. The lowest BCUT2D eigenvalue weighted by Gasteiger charge is -2.37. The van der Waals surface area contributed by atoms with E-state index in [9.17, 15) is 0 Å². The predicted molar refractivity (Wildman–Crippen MR) is 85.6 cm³/mol. The van der Waals surface area contributed by atoms with Gasteiger partial charge in [-0.3, -0.25) is 0 Å². The van der Waals surface area contributed by atoms with Crippen LogP contribution >= 0.6 is 0 Å². The summed E-state index contributed by atoms with van der Waals surface area (Å²) < 4.78 is 0. The molecule has 0 heterocycles. The Morgan fingerprint density at radius 2 is 1.63 bits per heavy atom. The first-order valence-electron chi connectivity index (χ1n) is 7.43. The van der Waals surface area contributed by atoms with Crippen LogP contribution in [-0.4, -0.2) is 12.1 Å².